The van der Waals surface area contributed by atoms with Gasteiger partial charge in [-0.05, 0) is 11.5 Å². The van der Waals surface area contributed by atoms with Crippen LogP contribution in [0.4, 0.5) is 23.2 Å². The highest BCUT2D eigenvalue weighted by molar-refractivity contribution is 6.40. The zero-order valence-electron chi connectivity index (χ0n) is 24.0. The van der Waals surface area contributed by atoms with Crippen molar-refractivity contribution < 1.29 is 51.4 Å². The zero-order chi connectivity index (χ0) is 32.9. The molecule has 1 fully saturated rings. The fraction of sp³-hybridized carbons (Fsp3) is 0.323. The predicted molar refractivity (Wildman–Crippen MR) is 154 cm³/mol. The normalized spacial score (nSPS) is 13.1. The van der Waals surface area contributed by atoms with Crippen LogP contribution >= 0.6 is 0 Å². The molecule has 3 aromatic carbocycles. The molecule has 0 unspecified atom stereocenters. The number of Topliss-reactive ketones (excluding diaryl/α,β-unsaturated/α-hetero) is 1. The molecule has 4 rings (SSSR count). The number of rotatable bonds is 10. The monoisotopic (exact) mass is 633 g/mol. The summed E-state index contributed by atoms with van der Waals surface area (Å²) in [5.41, 5.74) is 0.330. The summed E-state index contributed by atoms with van der Waals surface area (Å²) in [5, 5.41) is 16.8. The lowest BCUT2D eigenvalue weighted by Gasteiger charge is -2.17. The first-order valence-corrected chi connectivity index (χ1v) is 14.0. The Bertz CT molecular complexity index is 1520. The number of anilines is 1. The first kappa shape index (κ1) is 34.5. The maximum atomic E-state index is 13.7. The van der Waals surface area contributed by atoms with E-state index in [4.69, 9.17) is 5.11 Å². The van der Waals surface area contributed by atoms with Crippen LogP contribution in [-0.4, -0.2) is 53.8 Å². The molecule has 14 heteroatoms. The number of ketones is 1. The lowest BCUT2D eigenvalue weighted by atomic mass is 10.0. The van der Waals surface area contributed by atoms with Gasteiger partial charge in [0.25, 0.3) is 0 Å². The van der Waals surface area contributed by atoms with Crippen molar-refractivity contribution in [1.29, 1.82) is 0 Å². The van der Waals surface area contributed by atoms with E-state index in [0.717, 1.165) is 5.39 Å². The van der Waals surface area contributed by atoms with Crippen molar-refractivity contribution in [1.82, 2.24) is 10.6 Å². The Morgan fingerprint density at radius 1 is 0.800 bits per heavy atom. The minimum absolute atomic E-state index is 0.0799. The van der Waals surface area contributed by atoms with Crippen LogP contribution in [0.5, 0.6) is 5.75 Å². The van der Waals surface area contributed by atoms with Crippen molar-refractivity contribution in [2.24, 2.45) is 0 Å². The predicted octanol–water partition coefficient (Wildman–Crippen LogP) is 4.40. The van der Waals surface area contributed by atoms with Crippen molar-refractivity contribution in [2.45, 2.75) is 51.0 Å². The second kappa shape index (κ2) is 16.7. The molecule has 45 heavy (non-hydrogen) atoms. The summed E-state index contributed by atoms with van der Waals surface area (Å²) in [7, 11) is 0. The number of aliphatic carboxylic acids is 1. The van der Waals surface area contributed by atoms with Gasteiger partial charge in [-0.2, -0.15) is 8.78 Å². The topological polar surface area (TPSA) is 151 Å². The van der Waals surface area contributed by atoms with Crippen molar-refractivity contribution in [3.05, 3.63) is 71.8 Å². The number of nitrogens with one attached hydrogen (secondary N) is 3. The smallest absolute Gasteiger partial charge is 0.313 e. The Morgan fingerprint density at radius 3 is 1.98 bits per heavy atom. The molecule has 1 aliphatic rings. The van der Waals surface area contributed by atoms with E-state index in [9.17, 15) is 41.5 Å². The summed E-state index contributed by atoms with van der Waals surface area (Å²) in [4.78, 5) is 60.1. The molecule has 3 aromatic rings. The number of halogens is 4. The number of hydrogen-bond acceptors (Lipinski definition) is 6. The zero-order valence-corrected chi connectivity index (χ0v) is 24.0. The summed E-state index contributed by atoms with van der Waals surface area (Å²) in [6.45, 7) is -2.13. The first-order valence-electron chi connectivity index (χ1n) is 14.0. The lowest BCUT2D eigenvalue weighted by molar-refractivity contribution is -0.140. The number of carboxylic acid groups (broad SMARTS) is 1. The SMILES string of the molecule is C1CCCCC1.O=C(O)C[C@H](NC(=O)CNC(=O)C(=O)Nc1cccc2ccccc12)C(=O)COc1c(F)c(F)cc(F)c1F. The molecular weight excluding hydrogens is 602 g/mol. The lowest BCUT2D eigenvalue weighted by Crippen LogP contribution is -2.49. The molecule has 4 N–H and O–H groups in total. The fourth-order valence-electron chi connectivity index (χ4n) is 4.40. The van der Waals surface area contributed by atoms with Gasteiger partial charge in [0.2, 0.25) is 17.5 Å². The van der Waals surface area contributed by atoms with E-state index in [1.165, 1.54) is 38.5 Å². The van der Waals surface area contributed by atoms with Crippen LogP contribution in [-0.2, 0) is 24.0 Å². The highest BCUT2D eigenvalue weighted by Gasteiger charge is 2.27. The Kier molecular flexibility index (Phi) is 12.8. The number of carboxylic acids is 1. The molecule has 0 heterocycles. The number of hydrogen-bond donors (Lipinski definition) is 4. The first-order chi connectivity index (χ1) is 21.5. The number of ether oxygens (including phenoxy) is 1. The molecule has 0 spiro atoms. The third-order valence-corrected chi connectivity index (χ3v) is 6.69. The van der Waals surface area contributed by atoms with E-state index in [1.54, 1.807) is 42.5 Å². The van der Waals surface area contributed by atoms with Gasteiger partial charge in [-0.1, -0.05) is 74.9 Å². The van der Waals surface area contributed by atoms with Gasteiger partial charge in [0.1, 0.15) is 12.6 Å². The van der Waals surface area contributed by atoms with E-state index in [0.29, 0.717) is 11.1 Å². The van der Waals surface area contributed by atoms with Crippen molar-refractivity contribution >= 4 is 45.9 Å². The Morgan fingerprint density at radius 2 is 1.38 bits per heavy atom. The largest absolute Gasteiger partial charge is 0.481 e. The van der Waals surface area contributed by atoms with E-state index in [1.807, 2.05) is 10.6 Å². The van der Waals surface area contributed by atoms with Crippen LogP contribution in [0, 0.1) is 23.3 Å². The maximum absolute atomic E-state index is 13.7. The quantitative estimate of drug-likeness (QED) is 0.147. The van der Waals surface area contributed by atoms with E-state index in [-0.39, 0.29) is 6.07 Å². The summed E-state index contributed by atoms with van der Waals surface area (Å²) in [6.07, 6.45) is 7.99. The van der Waals surface area contributed by atoms with Gasteiger partial charge in [-0.15, -0.1) is 0 Å². The van der Waals surface area contributed by atoms with Gasteiger partial charge < -0.3 is 25.8 Å². The standard InChI is InChI=1S/C25H19F4N3O7.C6H12/c26-14-8-15(27)22(29)23(21(14)28)39-11-18(33)17(9-20(35)36)31-19(34)10-30-24(37)25(38)32-16-7-3-5-12-4-1-2-6-13(12)16;1-2-4-6-5-3-1/h1-8,17H,9-11H2,(H,30,37)(H,31,34)(H,32,38)(H,35,36);1-6H2/t17-;/m0./s1. The van der Waals surface area contributed by atoms with Gasteiger partial charge in [-0.3, -0.25) is 24.0 Å². The average Bonchev–Trinajstić information content (AvgIpc) is 3.03. The molecule has 1 saturated carbocycles. The molecule has 0 radical (unpaired) electrons. The van der Waals surface area contributed by atoms with Crippen LogP contribution in [0.25, 0.3) is 10.8 Å². The number of fused-ring (bicyclic) bond motifs is 1. The minimum atomic E-state index is -1.93. The Balaban J connectivity index is 0.000000821. The molecule has 240 valence electrons. The summed E-state index contributed by atoms with van der Waals surface area (Å²) in [5.74, 6) is -15.2. The maximum Gasteiger partial charge on any atom is 0.313 e. The van der Waals surface area contributed by atoms with Gasteiger partial charge in [0.05, 0.1) is 13.0 Å². The fourth-order valence-corrected chi connectivity index (χ4v) is 4.40. The minimum Gasteiger partial charge on any atom is -0.481 e. The third kappa shape index (κ3) is 10.3. The van der Waals surface area contributed by atoms with Crippen molar-refractivity contribution in [2.75, 3.05) is 18.5 Å². The molecule has 3 amide bonds. The Labute approximate surface area is 255 Å². The molecule has 0 saturated heterocycles. The van der Waals surface area contributed by atoms with Gasteiger partial charge >= 0.3 is 17.8 Å². The molecule has 0 aromatic heterocycles. The van der Waals surface area contributed by atoms with Crippen LogP contribution in [0.1, 0.15) is 44.9 Å². The number of carbonyl (C=O) groups excluding carboxylic acids is 4. The summed E-state index contributed by atoms with van der Waals surface area (Å²) < 4.78 is 58.5. The average molecular weight is 634 g/mol. The summed E-state index contributed by atoms with van der Waals surface area (Å²) >= 11 is 0. The van der Waals surface area contributed by atoms with E-state index < -0.39 is 84.1 Å². The van der Waals surface area contributed by atoms with Crippen LogP contribution in [0.15, 0.2) is 48.5 Å². The van der Waals surface area contributed by atoms with E-state index in [2.05, 4.69) is 10.1 Å². The molecule has 10 nitrogen and oxygen atoms in total. The number of amides is 3. The molecule has 1 aliphatic carbocycles. The van der Waals surface area contributed by atoms with Crippen LogP contribution in [0.2, 0.25) is 0 Å². The molecular formula is C31H31F4N3O7. The Hall–Kier alpha value is -5.01. The van der Waals surface area contributed by atoms with E-state index >= 15 is 0 Å². The summed E-state index contributed by atoms with van der Waals surface area (Å²) in [6, 6.07) is 10.1. The highest BCUT2D eigenvalue weighted by atomic mass is 19.2. The second-order valence-corrected chi connectivity index (χ2v) is 10.1. The second-order valence-electron chi connectivity index (χ2n) is 10.1. The van der Waals surface area contributed by atoms with Gasteiger partial charge in [0, 0.05) is 17.1 Å². The number of benzene rings is 3. The third-order valence-electron chi connectivity index (χ3n) is 6.69. The molecule has 1 atom stereocenters. The van der Waals surface area contributed by atoms with Crippen LogP contribution in [0.3, 0.4) is 0 Å². The van der Waals surface area contributed by atoms with Gasteiger partial charge in [-0.25, -0.2) is 8.78 Å². The van der Waals surface area contributed by atoms with Crippen molar-refractivity contribution in [3.8, 4) is 5.75 Å². The number of carbonyl (C=O) groups is 5. The van der Waals surface area contributed by atoms with Gasteiger partial charge in [0.15, 0.2) is 23.2 Å². The van der Waals surface area contributed by atoms with Crippen molar-refractivity contribution in [3.63, 3.8) is 0 Å². The molecule has 0 bridgehead atoms. The highest BCUT2D eigenvalue weighted by Crippen LogP contribution is 2.26. The molecule has 0 aliphatic heterocycles. The van der Waals surface area contributed by atoms with Crippen LogP contribution < -0.4 is 20.7 Å².